The van der Waals surface area contributed by atoms with Crippen LogP contribution in [0.1, 0.15) is 0 Å². The molecule has 0 saturated heterocycles. The van der Waals surface area contributed by atoms with Gasteiger partial charge in [0.2, 0.25) is 0 Å². The predicted octanol–water partition coefficient (Wildman–Crippen LogP) is 17.8. The molecular weight excluding hydrogens is 905 g/mol. The molecule has 1 aliphatic rings. The Morgan fingerprint density at radius 2 is 0.426 bits per heavy atom. The van der Waals surface area contributed by atoms with Crippen molar-refractivity contribution >= 4 is 45.3 Å². The lowest BCUT2D eigenvalue weighted by Crippen LogP contribution is -2.10. The van der Waals surface area contributed by atoms with Gasteiger partial charge < -0.3 is 0 Å². The highest BCUT2D eigenvalue weighted by atomic mass is 32.1. The maximum absolute atomic E-state index is 5.57. The highest BCUT2D eigenvalue weighted by Crippen LogP contribution is 2.63. The fourth-order valence-corrected chi connectivity index (χ4v) is 13.2. The number of benzene rings is 6. The molecule has 0 amide bonds. The van der Waals surface area contributed by atoms with Crippen molar-refractivity contribution in [3.63, 3.8) is 0 Å². The van der Waals surface area contributed by atoms with Crippen molar-refractivity contribution in [3.05, 3.63) is 216 Å². The number of hydrogen-bond donors (Lipinski definition) is 0. The van der Waals surface area contributed by atoms with E-state index in [2.05, 4.69) is 191 Å². The van der Waals surface area contributed by atoms with Gasteiger partial charge in [-0.05, 0) is 79.2 Å². The number of thiophene rings is 4. The summed E-state index contributed by atoms with van der Waals surface area (Å²) in [6, 6.07) is 61.0. The molecule has 6 heterocycles. The molecule has 0 atom stereocenters. The zero-order valence-electron chi connectivity index (χ0n) is 36.2. The van der Waals surface area contributed by atoms with Crippen LogP contribution in [-0.4, -0.2) is 19.9 Å². The highest BCUT2D eigenvalue weighted by Gasteiger charge is 2.39. The summed E-state index contributed by atoms with van der Waals surface area (Å²) in [5.41, 5.74) is 20.2. The number of rotatable bonds is 8. The summed E-state index contributed by atoms with van der Waals surface area (Å²) < 4.78 is 0. The highest BCUT2D eigenvalue weighted by molar-refractivity contribution is 7.16. The zero-order valence-corrected chi connectivity index (χ0v) is 39.5. The van der Waals surface area contributed by atoms with Crippen molar-refractivity contribution in [1.82, 2.24) is 19.9 Å². The van der Waals surface area contributed by atoms with E-state index in [1.54, 1.807) is 45.3 Å². The molecule has 68 heavy (non-hydrogen) atoms. The Balaban J connectivity index is 1.35. The van der Waals surface area contributed by atoms with Gasteiger partial charge in [0.05, 0.1) is 22.8 Å². The molecule has 6 aromatic carbocycles. The second kappa shape index (κ2) is 17.2. The average molecular weight is 941 g/mol. The quantitative estimate of drug-likeness (QED) is 0.152. The van der Waals surface area contributed by atoms with E-state index in [0.717, 1.165) is 110 Å². The Hall–Kier alpha value is -7.72. The van der Waals surface area contributed by atoms with Crippen molar-refractivity contribution in [2.45, 2.75) is 0 Å². The largest absolute Gasteiger partial charge is 0.252 e. The fourth-order valence-electron chi connectivity index (χ4n) is 10.1. The molecular formula is C60H36N4S4. The lowest BCUT2D eigenvalue weighted by molar-refractivity contribution is 1.18. The maximum atomic E-state index is 5.57. The minimum atomic E-state index is 0.781. The third-order valence-electron chi connectivity index (χ3n) is 12.7. The van der Waals surface area contributed by atoms with Crippen LogP contribution in [0.2, 0.25) is 0 Å². The first kappa shape index (κ1) is 40.5. The molecule has 12 aromatic rings. The van der Waals surface area contributed by atoms with Gasteiger partial charge in [0.1, 0.15) is 0 Å². The summed E-state index contributed by atoms with van der Waals surface area (Å²) in [6.45, 7) is 0. The van der Waals surface area contributed by atoms with Gasteiger partial charge in [-0.15, -0.1) is 45.3 Å². The predicted molar refractivity (Wildman–Crippen MR) is 288 cm³/mol. The van der Waals surface area contributed by atoms with Gasteiger partial charge in [-0.3, -0.25) is 19.9 Å². The molecule has 1 aliphatic carbocycles. The Morgan fingerprint density at radius 1 is 0.206 bits per heavy atom. The minimum Gasteiger partial charge on any atom is -0.252 e. The molecule has 0 aliphatic heterocycles. The molecule has 8 heteroatoms. The summed E-state index contributed by atoms with van der Waals surface area (Å²) in [7, 11) is 0. The lowest BCUT2D eigenvalue weighted by Gasteiger charge is -2.32. The molecule has 0 fully saturated rings. The molecule has 0 bridgehead atoms. The van der Waals surface area contributed by atoms with Crippen molar-refractivity contribution in [2.24, 2.45) is 0 Å². The molecule has 320 valence electrons. The van der Waals surface area contributed by atoms with Gasteiger partial charge in [0.15, 0.2) is 0 Å². The van der Waals surface area contributed by atoms with Gasteiger partial charge in [0.25, 0.3) is 0 Å². The normalized spacial score (nSPS) is 11.5. The Bertz CT molecular complexity index is 3490. The van der Waals surface area contributed by atoms with Gasteiger partial charge in [0, 0.05) is 99.9 Å². The standard InChI is InChI=1S/C60H36N4S4/c1-5-17-37(18-6-1)45-46(38-19-7-2-8-20-38)48(40-23-11-4-12-24-40)54-53(47(45)39-21-9-3-10-22-39)57-59(63-31-29-61-57)55-51(43-27-15-35-67-43)49(41-25-13-33-65-41)50(42-26-14-34-66-42)52(44-28-16-36-68-44)56(55)60-58(54)62-30-32-64-60/h1-36H. The SMILES string of the molecule is c1ccc(-c2c(-c3ccccc3)c(-c3ccccc3)c3c(c2-c2ccccc2)-c2nccnc2-c2c(-c4cccs4)c(-c4cccs4)c(-c4cccs4)c(-c4cccs4)c2-c2nccnc2-3)cc1. The van der Waals surface area contributed by atoms with E-state index in [-0.39, 0.29) is 0 Å². The smallest absolute Gasteiger partial charge is 0.0979 e. The van der Waals surface area contributed by atoms with E-state index in [1.807, 2.05) is 24.8 Å². The third-order valence-corrected chi connectivity index (χ3v) is 16.2. The topological polar surface area (TPSA) is 51.6 Å². The molecule has 0 radical (unpaired) electrons. The molecule has 0 spiro atoms. The van der Waals surface area contributed by atoms with E-state index < -0.39 is 0 Å². The third kappa shape index (κ3) is 6.59. The molecule has 13 rings (SSSR count). The van der Waals surface area contributed by atoms with Gasteiger partial charge in [-0.1, -0.05) is 146 Å². The fraction of sp³-hybridized carbons (Fsp3) is 0. The van der Waals surface area contributed by atoms with Crippen LogP contribution in [0.5, 0.6) is 0 Å². The Kier molecular flexibility index (Phi) is 10.2. The van der Waals surface area contributed by atoms with Crippen LogP contribution in [0, 0.1) is 0 Å². The van der Waals surface area contributed by atoms with Gasteiger partial charge in [-0.25, -0.2) is 0 Å². The van der Waals surface area contributed by atoms with Crippen LogP contribution >= 0.6 is 45.3 Å². The molecule has 0 unspecified atom stereocenters. The van der Waals surface area contributed by atoms with Crippen molar-refractivity contribution in [3.8, 4) is 131 Å². The van der Waals surface area contributed by atoms with E-state index in [9.17, 15) is 0 Å². The van der Waals surface area contributed by atoms with E-state index in [1.165, 1.54) is 20.9 Å². The second-order valence-electron chi connectivity index (χ2n) is 16.4. The minimum absolute atomic E-state index is 0.781. The van der Waals surface area contributed by atoms with E-state index >= 15 is 0 Å². The Labute approximate surface area is 409 Å². The van der Waals surface area contributed by atoms with Gasteiger partial charge in [-0.2, -0.15) is 0 Å². The summed E-state index contributed by atoms with van der Waals surface area (Å²) in [6.07, 6.45) is 7.44. The number of fused-ring (bicyclic) bond motifs is 8. The van der Waals surface area contributed by atoms with Gasteiger partial charge >= 0.3 is 0 Å². The molecule has 4 nitrogen and oxygen atoms in total. The summed E-state index contributed by atoms with van der Waals surface area (Å²) in [5.74, 6) is 0. The second-order valence-corrected chi connectivity index (χ2v) is 20.2. The van der Waals surface area contributed by atoms with Crippen LogP contribution in [-0.2, 0) is 0 Å². The van der Waals surface area contributed by atoms with Crippen molar-refractivity contribution < 1.29 is 0 Å². The molecule has 6 aromatic heterocycles. The summed E-state index contributed by atoms with van der Waals surface area (Å²) in [5, 5.41) is 8.73. The Morgan fingerprint density at radius 3 is 0.662 bits per heavy atom. The van der Waals surface area contributed by atoms with Crippen LogP contribution in [0.3, 0.4) is 0 Å². The summed E-state index contributed by atoms with van der Waals surface area (Å²) in [4.78, 5) is 26.9. The first-order chi connectivity index (χ1) is 33.8. The maximum Gasteiger partial charge on any atom is 0.0979 e. The lowest BCUT2D eigenvalue weighted by atomic mass is 9.72. The number of hydrogen-bond acceptors (Lipinski definition) is 8. The molecule has 0 saturated carbocycles. The number of nitrogens with zero attached hydrogens (tertiary/aromatic N) is 4. The van der Waals surface area contributed by atoms with Crippen LogP contribution in [0.25, 0.3) is 131 Å². The van der Waals surface area contributed by atoms with Crippen molar-refractivity contribution in [1.29, 1.82) is 0 Å². The van der Waals surface area contributed by atoms with E-state index in [4.69, 9.17) is 19.9 Å². The van der Waals surface area contributed by atoms with Crippen molar-refractivity contribution in [2.75, 3.05) is 0 Å². The first-order valence-corrected chi connectivity index (χ1v) is 25.8. The summed E-state index contributed by atoms with van der Waals surface area (Å²) >= 11 is 7.03. The monoisotopic (exact) mass is 940 g/mol. The molecule has 0 N–H and O–H groups in total. The van der Waals surface area contributed by atoms with Crippen LogP contribution < -0.4 is 0 Å². The first-order valence-electron chi connectivity index (χ1n) is 22.3. The number of aromatic nitrogens is 4. The zero-order chi connectivity index (χ0) is 45.0. The van der Waals surface area contributed by atoms with Crippen LogP contribution in [0.15, 0.2) is 216 Å². The van der Waals surface area contributed by atoms with Crippen LogP contribution in [0.4, 0.5) is 0 Å². The average Bonchev–Trinajstić information content (AvgIpc) is 4.28. The van der Waals surface area contributed by atoms with E-state index in [0.29, 0.717) is 0 Å².